The Labute approximate surface area is 122 Å². The van der Waals surface area contributed by atoms with Crippen LogP contribution in [0.15, 0.2) is 48.7 Å². The summed E-state index contributed by atoms with van der Waals surface area (Å²) in [7, 11) is 0. The lowest BCUT2D eigenvalue weighted by Crippen LogP contribution is -2.39. The van der Waals surface area contributed by atoms with Crippen molar-refractivity contribution in [2.24, 2.45) is 0 Å². The molecule has 1 aromatic heterocycles. The summed E-state index contributed by atoms with van der Waals surface area (Å²) in [5.74, 6) is -0.335. The monoisotopic (exact) mass is 290 g/mol. The standard InChI is InChI=1S/C15H15ClN2O2/c16-14-13(7-4-8-17-14)15(20)18-12(10-19)9-11-5-2-1-3-6-11/h1-8,12,19H,9-10H2,(H,18,20)/t12-/m1/s1. The fourth-order valence-corrected chi connectivity index (χ4v) is 2.08. The summed E-state index contributed by atoms with van der Waals surface area (Å²) in [4.78, 5) is 15.9. The summed E-state index contributed by atoms with van der Waals surface area (Å²) in [5, 5.41) is 12.3. The summed E-state index contributed by atoms with van der Waals surface area (Å²) in [5.41, 5.74) is 1.35. The minimum Gasteiger partial charge on any atom is -0.394 e. The minimum atomic E-state index is -0.360. The number of nitrogens with one attached hydrogen (secondary N) is 1. The summed E-state index contributed by atoms with van der Waals surface area (Å²) in [6, 6.07) is 12.5. The largest absolute Gasteiger partial charge is 0.394 e. The van der Waals surface area contributed by atoms with Gasteiger partial charge in [-0.15, -0.1) is 0 Å². The highest BCUT2D eigenvalue weighted by atomic mass is 35.5. The van der Waals surface area contributed by atoms with Crippen molar-refractivity contribution in [2.75, 3.05) is 6.61 Å². The lowest BCUT2D eigenvalue weighted by atomic mass is 10.1. The number of aliphatic hydroxyl groups is 1. The van der Waals surface area contributed by atoms with Gasteiger partial charge in [-0.05, 0) is 24.1 Å². The fraction of sp³-hybridized carbons (Fsp3) is 0.200. The smallest absolute Gasteiger partial charge is 0.254 e. The maximum atomic E-state index is 12.1. The molecule has 0 bridgehead atoms. The number of amides is 1. The van der Waals surface area contributed by atoms with E-state index in [1.165, 1.54) is 6.20 Å². The number of rotatable bonds is 5. The summed E-state index contributed by atoms with van der Waals surface area (Å²) >= 11 is 5.87. The molecular weight excluding hydrogens is 276 g/mol. The third-order valence-electron chi connectivity index (χ3n) is 2.88. The number of aliphatic hydroxyl groups excluding tert-OH is 1. The van der Waals surface area contributed by atoms with E-state index < -0.39 is 0 Å². The second-order valence-electron chi connectivity index (χ2n) is 4.38. The highest BCUT2D eigenvalue weighted by molar-refractivity contribution is 6.32. The number of nitrogens with zero attached hydrogens (tertiary/aromatic N) is 1. The molecule has 0 unspecified atom stereocenters. The molecular formula is C15H15ClN2O2. The van der Waals surface area contributed by atoms with Gasteiger partial charge >= 0.3 is 0 Å². The number of carbonyl (C=O) groups excluding carboxylic acids is 1. The Balaban J connectivity index is 2.03. The molecule has 5 heteroatoms. The van der Waals surface area contributed by atoms with Gasteiger partial charge in [0.15, 0.2) is 0 Å². The van der Waals surface area contributed by atoms with Gasteiger partial charge < -0.3 is 10.4 Å². The van der Waals surface area contributed by atoms with E-state index >= 15 is 0 Å². The van der Waals surface area contributed by atoms with E-state index in [2.05, 4.69) is 10.3 Å². The number of carbonyl (C=O) groups is 1. The third-order valence-corrected chi connectivity index (χ3v) is 3.19. The highest BCUT2D eigenvalue weighted by Crippen LogP contribution is 2.12. The molecule has 0 radical (unpaired) electrons. The van der Waals surface area contributed by atoms with Crippen LogP contribution in [0, 0.1) is 0 Å². The minimum absolute atomic E-state index is 0.140. The fourth-order valence-electron chi connectivity index (χ4n) is 1.88. The lowest BCUT2D eigenvalue weighted by Gasteiger charge is -2.16. The van der Waals surface area contributed by atoms with Crippen LogP contribution in [0.5, 0.6) is 0 Å². The Morgan fingerprint density at radius 1 is 1.25 bits per heavy atom. The molecule has 2 N–H and O–H groups in total. The Hall–Kier alpha value is -1.91. The SMILES string of the molecule is O=C(N[C@@H](CO)Cc1ccccc1)c1cccnc1Cl. The van der Waals surface area contributed by atoms with Crippen LogP contribution in [-0.4, -0.2) is 28.6 Å². The third kappa shape index (κ3) is 3.79. The van der Waals surface area contributed by atoms with E-state index in [0.717, 1.165) is 5.56 Å². The van der Waals surface area contributed by atoms with Crippen LogP contribution in [-0.2, 0) is 6.42 Å². The second kappa shape index (κ2) is 7.03. The van der Waals surface area contributed by atoms with Gasteiger partial charge in [0.25, 0.3) is 5.91 Å². The number of hydrogen-bond acceptors (Lipinski definition) is 3. The van der Waals surface area contributed by atoms with Crippen molar-refractivity contribution in [3.63, 3.8) is 0 Å². The van der Waals surface area contributed by atoms with Gasteiger partial charge in [0.2, 0.25) is 0 Å². The molecule has 0 saturated heterocycles. The van der Waals surface area contributed by atoms with Crippen LogP contribution in [0.2, 0.25) is 5.15 Å². The maximum absolute atomic E-state index is 12.1. The molecule has 1 aromatic carbocycles. The molecule has 2 aromatic rings. The van der Waals surface area contributed by atoms with Gasteiger partial charge in [-0.25, -0.2) is 4.98 Å². The molecule has 20 heavy (non-hydrogen) atoms. The van der Waals surface area contributed by atoms with Crippen LogP contribution >= 0.6 is 11.6 Å². The Kier molecular flexibility index (Phi) is 5.09. The van der Waals surface area contributed by atoms with Crippen molar-refractivity contribution in [2.45, 2.75) is 12.5 Å². The molecule has 1 heterocycles. The van der Waals surface area contributed by atoms with Gasteiger partial charge in [0, 0.05) is 6.20 Å². The van der Waals surface area contributed by atoms with Crippen molar-refractivity contribution >= 4 is 17.5 Å². The van der Waals surface area contributed by atoms with Crippen LogP contribution in [0.1, 0.15) is 15.9 Å². The molecule has 0 fully saturated rings. The molecule has 4 nitrogen and oxygen atoms in total. The molecule has 0 spiro atoms. The van der Waals surface area contributed by atoms with E-state index in [0.29, 0.717) is 12.0 Å². The van der Waals surface area contributed by atoms with Crippen LogP contribution in [0.3, 0.4) is 0 Å². The van der Waals surface area contributed by atoms with E-state index in [9.17, 15) is 9.90 Å². The van der Waals surface area contributed by atoms with Crippen LogP contribution in [0.25, 0.3) is 0 Å². The topological polar surface area (TPSA) is 62.2 Å². The quantitative estimate of drug-likeness (QED) is 0.829. The molecule has 0 aliphatic carbocycles. The summed E-state index contributed by atoms with van der Waals surface area (Å²) in [6.45, 7) is -0.140. The summed E-state index contributed by atoms with van der Waals surface area (Å²) < 4.78 is 0. The van der Waals surface area contributed by atoms with Crippen molar-refractivity contribution < 1.29 is 9.90 Å². The number of halogens is 1. The first-order valence-corrected chi connectivity index (χ1v) is 6.64. The van der Waals surface area contributed by atoms with E-state index in [-0.39, 0.29) is 23.7 Å². The van der Waals surface area contributed by atoms with Crippen molar-refractivity contribution in [1.29, 1.82) is 0 Å². The number of benzene rings is 1. The first kappa shape index (κ1) is 14.5. The molecule has 0 aliphatic rings. The maximum Gasteiger partial charge on any atom is 0.254 e. The zero-order valence-electron chi connectivity index (χ0n) is 10.8. The predicted octanol–water partition coefficient (Wildman–Crippen LogP) is 2.07. The molecule has 2 rings (SSSR count). The molecule has 0 aliphatic heterocycles. The Morgan fingerprint density at radius 3 is 2.65 bits per heavy atom. The van der Waals surface area contributed by atoms with Gasteiger partial charge in [0.1, 0.15) is 5.15 Å². The highest BCUT2D eigenvalue weighted by Gasteiger charge is 2.16. The second-order valence-corrected chi connectivity index (χ2v) is 4.74. The average Bonchev–Trinajstić information content (AvgIpc) is 2.48. The van der Waals surface area contributed by atoms with Crippen molar-refractivity contribution in [3.05, 3.63) is 64.9 Å². The molecule has 0 saturated carbocycles. The molecule has 1 amide bonds. The Morgan fingerprint density at radius 2 is 2.00 bits per heavy atom. The molecule has 1 atom stereocenters. The normalized spacial score (nSPS) is 11.9. The zero-order chi connectivity index (χ0) is 14.4. The Bertz CT molecular complexity index is 575. The molecule has 104 valence electrons. The van der Waals surface area contributed by atoms with Crippen molar-refractivity contribution in [3.8, 4) is 0 Å². The lowest BCUT2D eigenvalue weighted by molar-refractivity contribution is 0.0916. The van der Waals surface area contributed by atoms with Gasteiger partial charge in [-0.1, -0.05) is 41.9 Å². The number of aromatic nitrogens is 1. The van der Waals surface area contributed by atoms with Crippen molar-refractivity contribution in [1.82, 2.24) is 10.3 Å². The number of hydrogen-bond donors (Lipinski definition) is 2. The van der Waals surface area contributed by atoms with Gasteiger partial charge in [-0.3, -0.25) is 4.79 Å². The first-order chi connectivity index (χ1) is 9.70. The predicted molar refractivity (Wildman–Crippen MR) is 77.7 cm³/mol. The van der Waals surface area contributed by atoms with Crippen LogP contribution < -0.4 is 5.32 Å². The van der Waals surface area contributed by atoms with E-state index in [4.69, 9.17) is 11.6 Å². The van der Waals surface area contributed by atoms with E-state index in [1.807, 2.05) is 30.3 Å². The zero-order valence-corrected chi connectivity index (χ0v) is 11.5. The first-order valence-electron chi connectivity index (χ1n) is 6.27. The van der Waals surface area contributed by atoms with Gasteiger partial charge in [-0.2, -0.15) is 0 Å². The summed E-state index contributed by atoms with van der Waals surface area (Å²) in [6.07, 6.45) is 2.08. The van der Waals surface area contributed by atoms with Gasteiger partial charge in [0.05, 0.1) is 18.2 Å². The van der Waals surface area contributed by atoms with Crippen LogP contribution in [0.4, 0.5) is 0 Å². The average molecular weight is 291 g/mol. The van der Waals surface area contributed by atoms with E-state index in [1.54, 1.807) is 12.1 Å². The number of pyridine rings is 1.